The van der Waals surface area contributed by atoms with Crippen LogP contribution in [0, 0.1) is 11.6 Å². The van der Waals surface area contributed by atoms with Crippen molar-refractivity contribution in [3.63, 3.8) is 0 Å². The van der Waals surface area contributed by atoms with Gasteiger partial charge in [0.05, 0.1) is 0 Å². The number of anilines is 1. The predicted molar refractivity (Wildman–Crippen MR) is 81.8 cm³/mol. The lowest BCUT2D eigenvalue weighted by Crippen LogP contribution is -2.37. The van der Waals surface area contributed by atoms with E-state index in [1.165, 1.54) is 23.5 Å². The van der Waals surface area contributed by atoms with E-state index in [-0.39, 0.29) is 11.9 Å². The fourth-order valence-corrected chi connectivity index (χ4v) is 3.28. The van der Waals surface area contributed by atoms with Crippen LogP contribution in [0.25, 0.3) is 0 Å². The summed E-state index contributed by atoms with van der Waals surface area (Å²) in [6, 6.07) is 3.40. The van der Waals surface area contributed by atoms with Crippen LogP contribution in [0.1, 0.15) is 17.7 Å². The molecule has 1 fully saturated rings. The van der Waals surface area contributed by atoms with E-state index in [9.17, 15) is 8.78 Å². The number of thiazole rings is 1. The summed E-state index contributed by atoms with van der Waals surface area (Å²) >= 11 is 1.50. The Bertz CT molecular complexity index is 641. The predicted octanol–water partition coefficient (Wildman–Crippen LogP) is 3.05. The Morgan fingerprint density at radius 2 is 2.09 bits per heavy atom. The van der Waals surface area contributed by atoms with Gasteiger partial charge in [-0.3, -0.25) is 4.90 Å². The lowest BCUT2D eigenvalue weighted by atomic mass is 10.1. The van der Waals surface area contributed by atoms with Gasteiger partial charge in [-0.15, -0.1) is 11.3 Å². The van der Waals surface area contributed by atoms with Crippen molar-refractivity contribution in [2.24, 2.45) is 0 Å². The molecule has 0 radical (unpaired) electrons. The van der Waals surface area contributed by atoms with Crippen LogP contribution in [-0.2, 0) is 6.54 Å². The molecule has 0 spiro atoms. The number of aromatic nitrogens is 1. The second kappa shape index (κ2) is 6.58. The summed E-state index contributed by atoms with van der Waals surface area (Å²) in [6.45, 7) is 2.56. The maximum absolute atomic E-state index is 13.6. The molecule has 1 aromatic carbocycles. The van der Waals surface area contributed by atoms with Gasteiger partial charge in [0.2, 0.25) is 0 Å². The summed E-state index contributed by atoms with van der Waals surface area (Å²) < 4.78 is 32.1. The van der Waals surface area contributed by atoms with Gasteiger partial charge in [-0.2, -0.15) is 0 Å². The number of halogens is 2. The van der Waals surface area contributed by atoms with Gasteiger partial charge in [-0.05, 0) is 25.0 Å². The lowest BCUT2D eigenvalue weighted by molar-refractivity contribution is 0.0939. The highest BCUT2D eigenvalue weighted by molar-refractivity contribution is 7.15. The number of nitrogen functional groups attached to an aromatic ring is 1. The van der Waals surface area contributed by atoms with Gasteiger partial charge in [-0.25, -0.2) is 13.8 Å². The Labute approximate surface area is 131 Å². The standard InChI is InChI=1S/C15H17F2N3OS/c16-10-1-2-14(13(17)7-10)21-11-3-5-20(6-4-11)9-12-8-19-15(18)22-12/h1-2,7-8,11H,3-6,9H2,(H2,18,19). The molecule has 22 heavy (non-hydrogen) atoms. The molecule has 0 saturated carbocycles. The minimum absolute atomic E-state index is 0.0391. The SMILES string of the molecule is Nc1ncc(CN2CCC(Oc3ccc(F)cc3F)CC2)s1. The number of piperidine rings is 1. The van der Waals surface area contributed by atoms with Crippen molar-refractivity contribution in [2.45, 2.75) is 25.5 Å². The van der Waals surface area contributed by atoms with Gasteiger partial charge in [0.25, 0.3) is 0 Å². The van der Waals surface area contributed by atoms with E-state index in [2.05, 4.69) is 9.88 Å². The van der Waals surface area contributed by atoms with Crippen LogP contribution in [0.5, 0.6) is 5.75 Å². The van der Waals surface area contributed by atoms with Crippen molar-refractivity contribution in [1.82, 2.24) is 9.88 Å². The summed E-state index contributed by atoms with van der Waals surface area (Å²) in [5.74, 6) is -1.12. The number of ether oxygens (including phenoxy) is 1. The third-order valence-electron chi connectivity index (χ3n) is 3.67. The third-order valence-corrected chi connectivity index (χ3v) is 4.48. The highest BCUT2D eigenvalue weighted by Crippen LogP contribution is 2.24. The maximum Gasteiger partial charge on any atom is 0.180 e. The highest BCUT2D eigenvalue weighted by Gasteiger charge is 2.22. The van der Waals surface area contributed by atoms with Crippen molar-refractivity contribution in [1.29, 1.82) is 0 Å². The van der Waals surface area contributed by atoms with Crippen LogP contribution < -0.4 is 10.5 Å². The smallest absolute Gasteiger partial charge is 0.180 e. The van der Waals surface area contributed by atoms with E-state index in [1.807, 2.05) is 0 Å². The summed E-state index contributed by atoms with van der Waals surface area (Å²) in [5.41, 5.74) is 5.62. The first kappa shape index (κ1) is 15.2. The number of hydrogen-bond donors (Lipinski definition) is 1. The zero-order chi connectivity index (χ0) is 15.5. The number of nitrogens with zero attached hydrogens (tertiary/aromatic N) is 2. The summed E-state index contributed by atoms with van der Waals surface area (Å²) in [7, 11) is 0. The van der Waals surface area contributed by atoms with Crippen molar-refractivity contribution >= 4 is 16.5 Å². The van der Waals surface area contributed by atoms with E-state index in [0.29, 0.717) is 5.13 Å². The molecular formula is C15H17F2N3OS. The first-order chi connectivity index (χ1) is 10.6. The minimum atomic E-state index is -0.650. The molecule has 118 valence electrons. The molecule has 2 heterocycles. The van der Waals surface area contributed by atoms with Crippen LogP contribution in [0.2, 0.25) is 0 Å². The molecule has 1 saturated heterocycles. The molecule has 3 rings (SSSR count). The molecule has 1 aliphatic heterocycles. The second-order valence-corrected chi connectivity index (χ2v) is 6.48. The molecule has 1 aromatic heterocycles. The minimum Gasteiger partial charge on any atom is -0.487 e. The number of nitrogens with two attached hydrogens (primary N) is 1. The molecule has 0 atom stereocenters. The molecule has 1 aliphatic rings. The fourth-order valence-electron chi connectivity index (χ4n) is 2.55. The van der Waals surface area contributed by atoms with E-state index in [0.717, 1.165) is 43.4 Å². The van der Waals surface area contributed by atoms with Crippen molar-refractivity contribution < 1.29 is 13.5 Å². The zero-order valence-electron chi connectivity index (χ0n) is 12.0. The normalized spacial score (nSPS) is 16.8. The van der Waals surface area contributed by atoms with Crippen LogP contribution >= 0.6 is 11.3 Å². The van der Waals surface area contributed by atoms with E-state index in [4.69, 9.17) is 10.5 Å². The summed E-state index contributed by atoms with van der Waals surface area (Å²) in [6.07, 6.45) is 3.38. The van der Waals surface area contributed by atoms with Gasteiger partial charge in [0.1, 0.15) is 11.9 Å². The Kier molecular flexibility index (Phi) is 4.54. The molecule has 0 unspecified atom stereocenters. The molecular weight excluding hydrogens is 308 g/mol. The van der Waals surface area contributed by atoms with Crippen LogP contribution in [-0.4, -0.2) is 29.1 Å². The monoisotopic (exact) mass is 325 g/mol. The molecule has 2 aromatic rings. The average molecular weight is 325 g/mol. The van der Waals surface area contributed by atoms with Crippen LogP contribution in [0.15, 0.2) is 24.4 Å². The quantitative estimate of drug-likeness (QED) is 0.939. The molecule has 4 nitrogen and oxygen atoms in total. The Morgan fingerprint density at radius 1 is 1.32 bits per heavy atom. The molecule has 0 aliphatic carbocycles. The van der Waals surface area contributed by atoms with Crippen molar-refractivity contribution in [3.8, 4) is 5.75 Å². The number of rotatable bonds is 4. The summed E-state index contributed by atoms with van der Waals surface area (Å²) in [4.78, 5) is 7.48. The number of benzene rings is 1. The number of hydrogen-bond acceptors (Lipinski definition) is 5. The molecule has 7 heteroatoms. The third kappa shape index (κ3) is 3.72. The Morgan fingerprint density at radius 3 is 2.73 bits per heavy atom. The van der Waals surface area contributed by atoms with Gasteiger partial charge < -0.3 is 10.5 Å². The molecule has 0 amide bonds. The van der Waals surface area contributed by atoms with E-state index >= 15 is 0 Å². The lowest BCUT2D eigenvalue weighted by Gasteiger charge is -2.31. The maximum atomic E-state index is 13.6. The van der Waals surface area contributed by atoms with Crippen LogP contribution in [0.3, 0.4) is 0 Å². The summed E-state index contributed by atoms with van der Waals surface area (Å²) in [5, 5.41) is 0.583. The number of likely N-dealkylation sites (tertiary alicyclic amines) is 1. The van der Waals surface area contributed by atoms with Gasteiger partial charge in [0, 0.05) is 36.8 Å². The van der Waals surface area contributed by atoms with E-state index in [1.54, 1.807) is 6.20 Å². The second-order valence-electron chi connectivity index (χ2n) is 5.33. The van der Waals surface area contributed by atoms with E-state index < -0.39 is 11.6 Å². The Hall–Kier alpha value is -1.73. The van der Waals surface area contributed by atoms with Crippen molar-refractivity contribution in [3.05, 3.63) is 40.9 Å². The zero-order valence-corrected chi connectivity index (χ0v) is 12.8. The first-order valence-corrected chi connectivity index (χ1v) is 7.96. The van der Waals surface area contributed by atoms with Gasteiger partial charge in [0.15, 0.2) is 16.7 Å². The average Bonchev–Trinajstić information content (AvgIpc) is 2.89. The largest absolute Gasteiger partial charge is 0.487 e. The van der Waals surface area contributed by atoms with Crippen molar-refractivity contribution in [2.75, 3.05) is 18.8 Å². The molecule has 0 bridgehead atoms. The highest BCUT2D eigenvalue weighted by atomic mass is 32.1. The topological polar surface area (TPSA) is 51.4 Å². The fraction of sp³-hybridized carbons (Fsp3) is 0.400. The Balaban J connectivity index is 1.51. The molecule has 2 N–H and O–H groups in total. The van der Waals surface area contributed by atoms with Gasteiger partial charge in [-0.1, -0.05) is 0 Å². The first-order valence-electron chi connectivity index (χ1n) is 7.14. The van der Waals surface area contributed by atoms with Gasteiger partial charge >= 0.3 is 0 Å². The van der Waals surface area contributed by atoms with Crippen LogP contribution in [0.4, 0.5) is 13.9 Å².